The third kappa shape index (κ3) is 5.62. The van der Waals surface area contributed by atoms with Crippen molar-refractivity contribution in [3.05, 3.63) is 82.2 Å². The molecule has 12 nitrogen and oxygen atoms in total. The molecule has 1 aliphatic carbocycles. The van der Waals surface area contributed by atoms with Crippen LogP contribution in [0.25, 0.3) is 0 Å². The molecule has 4 aliphatic rings. The molecule has 4 atom stereocenters. The first-order valence-electron chi connectivity index (χ1n) is 16.7. The van der Waals surface area contributed by atoms with Gasteiger partial charge in [-0.25, -0.2) is 0 Å². The zero-order valence-corrected chi connectivity index (χ0v) is 27.1. The van der Waals surface area contributed by atoms with Gasteiger partial charge in [0.2, 0.25) is 11.8 Å². The number of amides is 5. The van der Waals surface area contributed by atoms with Crippen LogP contribution in [0.4, 0.5) is 0 Å². The molecule has 2 fully saturated rings. The van der Waals surface area contributed by atoms with E-state index in [-0.39, 0.29) is 36.1 Å². The number of fused-ring (bicyclic) bond motifs is 2. The fourth-order valence-electron chi connectivity index (χ4n) is 7.83. The Labute approximate surface area is 278 Å². The van der Waals surface area contributed by atoms with E-state index in [1.807, 2.05) is 18.2 Å². The van der Waals surface area contributed by atoms with E-state index in [9.17, 15) is 24.0 Å². The van der Waals surface area contributed by atoms with Crippen molar-refractivity contribution in [2.45, 2.75) is 57.6 Å². The Morgan fingerprint density at radius 2 is 1.69 bits per heavy atom. The van der Waals surface area contributed by atoms with Gasteiger partial charge in [0.15, 0.2) is 5.69 Å². The van der Waals surface area contributed by atoms with Crippen LogP contribution in [0, 0.1) is 18.8 Å². The number of nitrogens with zero attached hydrogens (tertiary/aromatic N) is 4. The lowest BCUT2D eigenvalue weighted by Gasteiger charge is -2.43. The molecule has 2 aromatic carbocycles. The predicted octanol–water partition coefficient (Wildman–Crippen LogP) is 3.55. The van der Waals surface area contributed by atoms with Gasteiger partial charge in [0.25, 0.3) is 17.7 Å². The summed E-state index contributed by atoms with van der Waals surface area (Å²) < 4.78 is 11.7. The number of carbonyl (C=O) groups excluding carboxylic acids is 5. The third-order valence-electron chi connectivity index (χ3n) is 10.2. The van der Waals surface area contributed by atoms with Crippen LogP contribution in [-0.4, -0.2) is 88.7 Å². The van der Waals surface area contributed by atoms with Crippen LogP contribution in [0.3, 0.4) is 0 Å². The largest absolute Gasteiger partial charge is 0.488 e. The standard InChI is InChI=1S/C36H39N5O7/c1-21-18-28(38-48-21)36(46)39-16-15-23(19-39)47-30-13-7-8-22-14-17-40(33(43)25-10-4-3-9-24(25)32(42)37-2)29(31(22)30)20-41-34(44)26-11-5-6-12-27(26)35(41)45/h5-8,11-13,18,23-25,29H,3-4,9-10,14-17,19-20H2,1-2H3,(H,37,42)/t23?,24-,25?,29-/m1/s1. The van der Waals surface area contributed by atoms with Crippen LogP contribution >= 0.6 is 0 Å². The van der Waals surface area contributed by atoms with Crippen molar-refractivity contribution >= 4 is 29.5 Å². The first-order chi connectivity index (χ1) is 23.2. The van der Waals surface area contributed by atoms with E-state index < -0.39 is 29.7 Å². The highest BCUT2D eigenvalue weighted by atomic mass is 16.5. The zero-order chi connectivity index (χ0) is 33.5. The van der Waals surface area contributed by atoms with Crippen molar-refractivity contribution in [3.63, 3.8) is 0 Å². The summed E-state index contributed by atoms with van der Waals surface area (Å²) in [6.07, 6.45) is 3.76. The van der Waals surface area contributed by atoms with Crippen molar-refractivity contribution < 1.29 is 33.2 Å². The lowest BCUT2D eigenvalue weighted by atomic mass is 9.77. The molecule has 1 saturated carbocycles. The second-order valence-corrected chi connectivity index (χ2v) is 13.1. The van der Waals surface area contributed by atoms with Gasteiger partial charge in [-0.1, -0.05) is 42.3 Å². The highest BCUT2D eigenvalue weighted by molar-refractivity contribution is 6.21. The Morgan fingerprint density at radius 1 is 0.958 bits per heavy atom. The van der Waals surface area contributed by atoms with Crippen molar-refractivity contribution in [1.29, 1.82) is 0 Å². The summed E-state index contributed by atoms with van der Waals surface area (Å²) in [6.45, 7) is 2.89. The molecule has 1 N–H and O–H groups in total. The van der Waals surface area contributed by atoms with Gasteiger partial charge in [-0.3, -0.25) is 28.9 Å². The smallest absolute Gasteiger partial charge is 0.276 e. The lowest BCUT2D eigenvalue weighted by Crippen LogP contribution is -2.51. The minimum atomic E-state index is -0.691. The van der Waals surface area contributed by atoms with E-state index in [0.29, 0.717) is 68.0 Å². The highest BCUT2D eigenvalue weighted by Gasteiger charge is 2.45. The molecule has 250 valence electrons. The summed E-state index contributed by atoms with van der Waals surface area (Å²) in [6, 6.07) is 13.4. The fraction of sp³-hybridized carbons (Fsp3) is 0.444. The molecule has 7 rings (SSSR count). The van der Waals surface area contributed by atoms with E-state index in [2.05, 4.69) is 10.5 Å². The number of aromatic nitrogens is 1. The van der Waals surface area contributed by atoms with Crippen molar-refractivity contribution in [2.75, 3.05) is 33.2 Å². The molecular weight excluding hydrogens is 614 g/mol. The molecule has 5 amide bonds. The Bertz CT molecular complexity index is 1750. The average molecular weight is 654 g/mol. The zero-order valence-electron chi connectivity index (χ0n) is 27.1. The average Bonchev–Trinajstić information content (AvgIpc) is 3.83. The molecule has 3 aromatic rings. The van der Waals surface area contributed by atoms with Gasteiger partial charge in [-0.2, -0.15) is 0 Å². The number of imide groups is 1. The lowest BCUT2D eigenvalue weighted by molar-refractivity contribution is -0.146. The van der Waals surface area contributed by atoms with Crippen LogP contribution in [0.5, 0.6) is 5.75 Å². The molecule has 0 spiro atoms. The van der Waals surface area contributed by atoms with Gasteiger partial charge < -0.3 is 24.4 Å². The molecule has 0 bridgehead atoms. The minimum Gasteiger partial charge on any atom is -0.488 e. The maximum atomic E-state index is 14.5. The van der Waals surface area contributed by atoms with E-state index in [0.717, 1.165) is 24.0 Å². The topological polar surface area (TPSA) is 142 Å². The second-order valence-electron chi connectivity index (χ2n) is 13.1. The monoisotopic (exact) mass is 653 g/mol. The normalized spacial score (nSPS) is 23.6. The quantitative estimate of drug-likeness (QED) is 0.382. The van der Waals surface area contributed by atoms with Crippen molar-refractivity contribution in [2.24, 2.45) is 11.8 Å². The van der Waals surface area contributed by atoms with Gasteiger partial charge in [0.1, 0.15) is 17.6 Å². The van der Waals surface area contributed by atoms with Crippen LogP contribution in [0.1, 0.15) is 86.2 Å². The molecule has 48 heavy (non-hydrogen) atoms. The van der Waals surface area contributed by atoms with Crippen LogP contribution < -0.4 is 10.1 Å². The summed E-state index contributed by atoms with van der Waals surface area (Å²) >= 11 is 0. The summed E-state index contributed by atoms with van der Waals surface area (Å²) in [5, 5.41) is 6.61. The first kappa shape index (κ1) is 31.6. The number of carbonyl (C=O) groups is 5. The summed E-state index contributed by atoms with van der Waals surface area (Å²) in [4.78, 5) is 72.4. The minimum absolute atomic E-state index is 0.0520. The number of hydrogen-bond donors (Lipinski definition) is 1. The molecule has 0 radical (unpaired) electrons. The molecule has 1 aromatic heterocycles. The summed E-state index contributed by atoms with van der Waals surface area (Å²) in [5.41, 5.74) is 2.64. The maximum absolute atomic E-state index is 14.5. The molecule has 1 saturated heterocycles. The Morgan fingerprint density at radius 3 is 2.38 bits per heavy atom. The number of nitrogens with one attached hydrogen (secondary N) is 1. The van der Waals surface area contributed by atoms with Gasteiger partial charge >= 0.3 is 0 Å². The van der Waals surface area contributed by atoms with E-state index in [4.69, 9.17) is 9.26 Å². The molecule has 2 unspecified atom stereocenters. The number of rotatable bonds is 7. The SMILES string of the molecule is CNC(=O)[C@@H]1CCCCC1C(=O)N1CCc2cccc(OC3CCN(C(=O)c4cc(C)on4)C3)c2[C@H]1CN1C(=O)c2ccccc2C1=O. The highest BCUT2D eigenvalue weighted by Crippen LogP contribution is 2.42. The van der Waals surface area contributed by atoms with Crippen molar-refractivity contribution in [3.8, 4) is 5.75 Å². The summed E-state index contributed by atoms with van der Waals surface area (Å²) in [7, 11) is 1.59. The number of hydrogen-bond acceptors (Lipinski definition) is 8. The van der Waals surface area contributed by atoms with Crippen LogP contribution in [0.15, 0.2) is 53.1 Å². The molecule has 4 heterocycles. The van der Waals surface area contributed by atoms with Crippen LogP contribution in [-0.2, 0) is 16.0 Å². The molecular formula is C36H39N5O7. The number of ether oxygens (including phenoxy) is 1. The van der Waals surface area contributed by atoms with E-state index >= 15 is 0 Å². The van der Waals surface area contributed by atoms with Gasteiger partial charge in [-0.15, -0.1) is 0 Å². The van der Waals surface area contributed by atoms with Gasteiger partial charge in [0.05, 0.1) is 30.3 Å². The third-order valence-corrected chi connectivity index (χ3v) is 10.2. The Balaban J connectivity index is 1.21. The van der Waals surface area contributed by atoms with Crippen LogP contribution in [0.2, 0.25) is 0 Å². The van der Waals surface area contributed by atoms with Gasteiger partial charge in [0, 0.05) is 50.0 Å². The van der Waals surface area contributed by atoms with E-state index in [1.165, 1.54) is 4.90 Å². The fourth-order valence-corrected chi connectivity index (χ4v) is 7.83. The summed E-state index contributed by atoms with van der Waals surface area (Å²) in [5.74, 6) is -1.17. The molecule has 12 heteroatoms. The van der Waals surface area contributed by atoms with Crippen molar-refractivity contribution in [1.82, 2.24) is 25.2 Å². The second kappa shape index (κ2) is 12.9. The maximum Gasteiger partial charge on any atom is 0.276 e. The Kier molecular flexibility index (Phi) is 8.49. The Hall–Kier alpha value is -5.00. The number of aryl methyl sites for hydroxylation is 1. The number of benzene rings is 2. The first-order valence-corrected chi connectivity index (χ1v) is 16.7. The van der Waals surface area contributed by atoms with Gasteiger partial charge in [-0.05, 0) is 49.9 Å². The number of likely N-dealkylation sites (tertiary alicyclic amines) is 1. The van der Waals surface area contributed by atoms with E-state index in [1.54, 1.807) is 54.1 Å². The predicted molar refractivity (Wildman–Crippen MR) is 172 cm³/mol. The molecule has 3 aliphatic heterocycles.